The largest absolute Gasteiger partial charge is 0.304 e. The number of hydrogen-bond donors (Lipinski definition) is 1. The molecule has 70 valence electrons. The lowest BCUT2D eigenvalue weighted by atomic mass is 9.94. The summed E-state index contributed by atoms with van der Waals surface area (Å²) in [6, 6.07) is 0.909. The fourth-order valence-electron chi connectivity index (χ4n) is 2.47. The third-order valence-electron chi connectivity index (χ3n) is 3.20. The molecular weight excluding hydrogens is 148 g/mol. The molecule has 0 bridgehead atoms. The molecule has 0 atom stereocenters. The second-order valence-corrected chi connectivity index (χ2v) is 4.12. The first-order chi connectivity index (χ1) is 5.97. The van der Waals surface area contributed by atoms with Gasteiger partial charge in [0.05, 0.1) is 0 Å². The third kappa shape index (κ3) is 1.99. The normalized spacial score (nSPS) is 29.0. The molecule has 1 heterocycles. The lowest BCUT2D eigenvalue weighted by molar-refractivity contribution is 0.122. The SMILES string of the molecule is C1CCC(N2CCCNC2)CC1. The van der Waals surface area contributed by atoms with Gasteiger partial charge < -0.3 is 5.32 Å². The van der Waals surface area contributed by atoms with Crippen molar-refractivity contribution in [3.63, 3.8) is 0 Å². The molecule has 1 aliphatic carbocycles. The summed E-state index contributed by atoms with van der Waals surface area (Å²) in [6.07, 6.45) is 8.62. The molecule has 0 aromatic heterocycles. The zero-order valence-corrected chi connectivity index (χ0v) is 7.89. The first kappa shape index (κ1) is 8.52. The highest BCUT2D eigenvalue weighted by molar-refractivity contribution is 4.77. The number of hydrogen-bond acceptors (Lipinski definition) is 2. The number of rotatable bonds is 1. The van der Waals surface area contributed by atoms with E-state index in [0.29, 0.717) is 0 Å². The lowest BCUT2D eigenvalue weighted by Gasteiger charge is -2.36. The van der Waals surface area contributed by atoms with Crippen LogP contribution in [-0.4, -0.2) is 30.7 Å². The van der Waals surface area contributed by atoms with Crippen molar-refractivity contribution in [3.05, 3.63) is 0 Å². The van der Waals surface area contributed by atoms with Gasteiger partial charge in [-0.15, -0.1) is 0 Å². The van der Waals surface area contributed by atoms with E-state index in [0.717, 1.165) is 12.7 Å². The van der Waals surface area contributed by atoms with Crippen molar-refractivity contribution in [2.24, 2.45) is 0 Å². The molecule has 1 N–H and O–H groups in total. The molecule has 1 saturated carbocycles. The highest BCUT2D eigenvalue weighted by Gasteiger charge is 2.21. The number of nitrogens with zero attached hydrogens (tertiary/aromatic N) is 1. The van der Waals surface area contributed by atoms with Gasteiger partial charge in [-0.2, -0.15) is 0 Å². The van der Waals surface area contributed by atoms with Crippen LogP contribution in [0.15, 0.2) is 0 Å². The molecule has 0 amide bonds. The van der Waals surface area contributed by atoms with Gasteiger partial charge in [0.2, 0.25) is 0 Å². The fraction of sp³-hybridized carbons (Fsp3) is 1.00. The highest BCUT2D eigenvalue weighted by atomic mass is 15.3. The maximum absolute atomic E-state index is 3.46. The topological polar surface area (TPSA) is 15.3 Å². The Bertz CT molecular complexity index is 108. The molecule has 1 saturated heterocycles. The molecule has 2 aliphatic rings. The predicted molar refractivity (Wildman–Crippen MR) is 51.1 cm³/mol. The highest BCUT2D eigenvalue weighted by Crippen LogP contribution is 2.22. The Morgan fingerprint density at radius 1 is 1.00 bits per heavy atom. The minimum absolute atomic E-state index is 0.909. The first-order valence-electron chi connectivity index (χ1n) is 5.41. The van der Waals surface area contributed by atoms with Gasteiger partial charge >= 0.3 is 0 Å². The van der Waals surface area contributed by atoms with Gasteiger partial charge in [-0.1, -0.05) is 19.3 Å². The van der Waals surface area contributed by atoms with Crippen LogP contribution in [0.1, 0.15) is 38.5 Å². The summed E-state index contributed by atoms with van der Waals surface area (Å²) in [4.78, 5) is 2.64. The molecule has 0 spiro atoms. The molecule has 12 heavy (non-hydrogen) atoms. The Morgan fingerprint density at radius 2 is 1.83 bits per heavy atom. The zero-order chi connectivity index (χ0) is 8.23. The van der Waals surface area contributed by atoms with E-state index in [-0.39, 0.29) is 0 Å². The summed E-state index contributed by atoms with van der Waals surface area (Å²) in [5, 5.41) is 3.46. The summed E-state index contributed by atoms with van der Waals surface area (Å²) in [6.45, 7) is 3.70. The lowest BCUT2D eigenvalue weighted by Crippen LogP contribution is -2.47. The Labute approximate surface area is 75.3 Å². The fourth-order valence-corrected chi connectivity index (χ4v) is 2.47. The Kier molecular flexibility index (Phi) is 3.01. The van der Waals surface area contributed by atoms with E-state index in [1.165, 1.54) is 51.6 Å². The molecule has 0 radical (unpaired) electrons. The molecule has 0 aromatic carbocycles. The molecule has 2 fully saturated rings. The average Bonchev–Trinajstić information content (AvgIpc) is 2.21. The third-order valence-corrected chi connectivity index (χ3v) is 3.20. The van der Waals surface area contributed by atoms with Crippen LogP contribution in [-0.2, 0) is 0 Å². The summed E-state index contributed by atoms with van der Waals surface area (Å²) in [7, 11) is 0. The van der Waals surface area contributed by atoms with E-state index in [2.05, 4.69) is 10.2 Å². The van der Waals surface area contributed by atoms with Crippen LogP contribution < -0.4 is 5.32 Å². The second-order valence-electron chi connectivity index (χ2n) is 4.12. The molecule has 2 rings (SSSR count). The molecule has 1 aliphatic heterocycles. The van der Waals surface area contributed by atoms with Crippen LogP contribution in [0.4, 0.5) is 0 Å². The van der Waals surface area contributed by atoms with E-state index in [1.54, 1.807) is 0 Å². The molecule has 0 unspecified atom stereocenters. The van der Waals surface area contributed by atoms with Crippen molar-refractivity contribution in [2.45, 2.75) is 44.6 Å². The molecular formula is C10H20N2. The summed E-state index contributed by atoms with van der Waals surface area (Å²) in [5.41, 5.74) is 0. The quantitative estimate of drug-likeness (QED) is 0.639. The Hall–Kier alpha value is -0.0800. The average molecular weight is 168 g/mol. The van der Waals surface area contributed by atoms with Crippen LogP contribution >= 0.6 is 0 Å². The smallest absolute Gasteiger partial charge is 0.0483 e. The van der Waals surface area contributed by atoms with E-state index in [4.69, 9.17) is 0 Å². The molecule has 2 nitrogen and oxygen atoms in total. The predicted octanol–water partition coefficient (Wildman–Crippen LogP) is 1.57. The molecule has 2 heteroatoms. The van der Waals surface area contributed by atoms with Crippen LogP contribution in [0, 0.1) is 0 Å². The monoisotopic (exact) mass is 168 g/mol. The zero-order valence-electron chi connectivity index (χ0n) is 7.89. The Balaban J connectivity index is 1.80. The van der Waals surface area contributed by atoms with Gasteiger partial charge in [0, 0.05) is 19.3 Å². The van der Waals surface area contributed by atoms with Crippen LogP contribution in [0.2, 0.25) is 0 Å². The maximum atomic E-state index is 3.46. The van der Waals surface area contributed by atoms with Crippen molar-refractivity contribution < 1.29 is 0 Å². The van der Waals surface area contributed by atoms with Gasteiger partial charge in [0.25, 0.3) is 0 Å². The molecule has 0 aromatic rings. The van der Waals surface area contributed by atoms with Crippen molar-refractivity contribution in [2.75, 3.05) is 19.8 Å². The van der Waals surface area contributed by atoms with Crippen molar-refractivity contribution >= 4 is 0 Å². The van der Waals surface area contributed by atoms with E-state index >= 15 is 0 Å². The Morgan fingerprint density at radius 3 is 2.50 bits per heavy atom. The first-order valence-corrected chi connectivity index (χ1v) is 5.41. The van der Waals surface area contributed by atoms with Crippen LogP contribution in [0.5, 0.6) is 0 Å². The number of nitrogens with one attached hydrogen (secondary N) is 1. The summed E-state index contributed by atoms with van der Waals surface area (Å²) < 4.78 is 0. The van der Waals surface area contributed by atoms with E-state index < -0.39 is 0 Å². The maximum Gasteiger partial charge on any atom is 0.0483 e. The van der Waals surface area contributed by atoms with E-state index in [9.17, 15) is 0 Å². The van der Waals surface area contributed by atoms with Crippen molar-refractivity contribution in [1.29, 1.82) is 0 Å². The summed E-state index contributed by atoms with van der Waals surface area (Å²) in [5.74, 6) is 0. The summed E-state index contributed by atoms with van der Waals surface area (Å²) >= 11 is 0. The van der Waals surface area contributed by atoms with Gasteiger partial charge in [0.15, 0.2) is 0 Å². The standard InChI is InChI=1S/C10H20N2/c1-2-5-10(6-3-1)12-8-4-7-11-9-12/h10-11H,1-9H2. The van der Waals surface area contributed by atoms with Gasteiger partial charge in [-0.3, -0.25) is 4.90 Å². The van der Waals surface area contributed by atoms with Crippen LogP contribution in [0.25, 0.3) is 0 Å². The second kappa shape index (κ2) is 4.24. The van der Waals surface area contributed by atoms with E-state index in [1.807, 2.05) is 0 Å². The van der Waals surface area contributed by atoms with Crippen LogP contribution in [0.3, 0.4) is 0 Å². The van der Waals surface area contributed by atoms with Gasteiger partial charge in [-0.25, -0.2) is 0 Å². The van der Waals surface area contributed by atoms with Crippen molar-refractivity contribution in [3.8, 4) is 0 Å². The minimum Gasteiger partial charge on any atom is -0.304 e. The van der Waals surface area contributed by atoms with Gasteiger partial charge in [-0.05, 0) is 25.8 Å². The minimum atomic E-state index is 0.909. The van der Waals surface area contributed by atoms with Gasteiger partial charge in [0.1, 0.15) is 0 Å². The van der Waals surface area contributed by atoms with Crippen molar-refractivity contribution in [1.82, 2.24) is 10.2 Å².